The Morgan fingerprint density at radius 1 is 1.24 bits per heavy atom. The maximum atomic E-state index is 11.9. The Hall–Kier alpha value is -1.72. The smallest absolute Gasteiger partial charge is 0.253 e. The predicted molar refractivity (Wildman–Crippen MR) is 85.7 cm³/mol. The van der Waals surface area contributed by atoms with Gasteiger partial charge in [0.2, 0.25) is 0 Å². The van der Waals surface area contributed by atoms with Crippen LogP contribution in [0, 0.1) is 6.92 Å². The number of fused-ring (bicyclic) bond motifs is 1. The number of hydrogen-bond donors (Lipinski definition) is 0. The molecule has 1 aromatic heterocycles. The minimum atomic E-state index is 0.0352. The lowest BCUT2D eigenvalue weighted by Crippen LogP contribution is -2.18. The molecule has 0 N–H and O–H groups in total. The van der Waals surface area contributed by atoms with Crippen molar-refractivity contribution >= 4 is 11.9 Å². The number of nitrogens with zero attached hydrogens (tertiary/aromatic N) is 2. The van der Waals surface area contributed by atoms with E-state index in [1.54, 1.807) is 30.7 Å². The molecule has 21 heavy (non-hydrogen) atoms. The lowest BCUT2D eigenvalue weighted by atomic mass is 10.0. The summed E-state index contributed by atoms with van der Waals surface area (Å²) in [5.41, 5.74) is 4.09. The molecule has 110 valence electrons. The number of benzene rings is 1. The third kappa shape index (κ3) is 2.47. The van der Waals surface area contributed by atoms with Crippen LogP contribution in [0.25, 0.3) is 11.1 Å². The van der Waals surface area contributed by atoms with E-state index in [0.29, 0.717) is 0 Å². The van der Waals surface area contributed by atoms with Crippen molar-refractivity contribution < 1.29 is 4.74 Å². The Kier molecular flexibility index (Phi) is 3.55. The Labute approximate surface area is 128 Å². The Morgan fingerprint density at radius 2 is 2.00 bits per heavy atom. The molecule has 0 fully saturated rings. The summed E-state index contributed by atoms with van der Waals surface area (Å²) in [6, 6.07) is 6.18. The molecule has 0 bridgehead atoms. The number of ether oxygens (including phenoxy) is 1. The van der Waals surface area contributed by atoms with Crippen molar-refractivity contribution in [2.24, 2.45) is 7.05 Å². The molecule has 0 spiro atoms. The van der Waals surface area contributed by atoms with Gasteiger partial charge in [-0.15, -0.1) is 0 Å². The molecule has 0 atom stereocenters. The minimum Gasteiger partial charge on any atom is -0.496 e. The van der Waals surface area contributed by atoms with Gasteiger partial charge in [0, 0.05) is 41.4 Å². The van der Waals surface area contributed by atoms with Gasteiger partial charge in [-0.3, -0.25) is 4.79 Å². The second kappa shape index (κ2) is 5.24. The molecule has 0 aliphatic carbocycles. The van der Waals surface area contributed by atoms with Crippen LogP contribution in [-0.2, 0) is 13.6 Å². The largest absolute Gasteiger partial charge is 0.496 e. The van der Waals surface area contributed by atoms with Gasteiger partial charge in [0.05, 0.1) is 7.11 Å². The molecule has 1 aromatic carbocycles. The summed E-state index contributed by atoms with van der Waals surface area (Å²) in [5.74, 6) is 0.850. The van der Waals surface area contributed by atoms with Crippen molar-refractivity contribution in [2.75, 3.05) is 14.2 Å². The molecule has 0 saturated carbocycles. The normalized spacial score (nSPS) is 14.3. The monoisotopic (exact) mass is 302 g/mol. The lowest BCUT2D eigenvalue weighted by molar-refractivity contribution is 0.415. The fourth-order valence-corrected chi connectivity index (χ4v) is 3.62. The highest BCUT2D eigenvalue weighted by molar-refractivity contribution is 7.97. The second-order valence-electron chi connectivity index (χ2n) is 5.37. The molecule has 1 aliphatic rings. The first kappa shape index (κ1) is 14.2. The molecule has 0 amide bonds. The zero-order chi connectivity index (χ0) is 15.1. The van der Waals surface area contributed by atoms with Crippen molar-refractivity contribution in [1.82, 2.24) is 8.87 Å². The molecule has 0 radical (unpaired) electrons. The molecule has 4 nitrogen and oxygen atoms in total. The summed E-state index contributed by atoms with van der Waals surface area (Å²) < 4.78 is 9.37. The van der Waals surface area contributed by atoms with Gasteiger partial charge in [0.1, 0.15) is 5.75 Å². The highest BCUT2D eigenvalue weighted by Gasteiger charge is 2.20. The van der Waals surface area contributed by atoms with Gasteiger partial charge in [-0.2, -0.15) is 0 Å². The highest BCUT2D eigenvalue weighted by Crippen LogP contribution is 2.41. The lowest BCUT2D eigenvalue weighted by Gasteiger charge is -2.12. The Balaban J connectivity index is 2.19. The van der Waals surface area contributed by atoms with Gasteiger partial charge in [-0.25, -0.2) is 4.31 Å². The SMILES string of the molecule is COc1cc2c(cc1-c1cc(C)c(=O)n(C)c1)SN(C)C2. The van der Waals surface area contributed by atoms with Crippen molar-refractivity contribution in [3.63, 3.8) is 0 Å². The summed E-state index contributed by atoms with van der Waals surface area (Å²) in [6.45, 7) is 2.76. The first-order chi connectivity index (χ1) is 9.99. The van der Waals surface area contributed by atoms with E-state index in [1.807, 2.05) is 19.2 Å². The van der Waals surface area contributed by atoms with E-state index in [4.69, 9.17) is 4.74 Å². The molecule has 0 unspecified atom stereocenters. The van der Waals surface area contributed by atoms with Crippen LogP contribution in [0.3, 0.4) is 0 Å². The van der Waals surface area contributed by atoms with Gasteiger partial charge in [-0.05, 0) is 49.7 Å². The van der Waals surface area contributed by atoms with Gasteiger partial charge in [0.25, 0.3) is 5.56 Å². The van der Waals surface area contributed by atoms with E-state index in [2.05, 4.69) is 23.5 Å². The highest BCUT2D eigenvalue weighted by atomic mass is 32.2. The van der Waals surface area contributed by atoms with Crippen LogP contribution < -0.4 is 10.3 Å². The van der Waals surface area contributed by atoms with Gasteiger partial charge in [-0.1, -0.05) is 0 Å². The summed E-state index contributed by atoms with van der Waals surface area (Å²) in [6.07, 6.45) is 1.86. The van der Waals surface area contributed by atoms with E-state index in [0.717, 1.165) is 29.0 Å². The van der Waals surface area contributed by atoms with Crippen LogP contribution in [0.4, 0.5) is 0 Å². The average Bonchev–Trinajstić information content (AvgIpc) is 2.81. The van der Waals surface area contributed by atoms with Crippen molar-refractivity contribution in [2.45, 2.75) is 18.4 Å². The quantitative estimate of drug-likeness (QED) is 0.799. The van der Waals surface area contributed by atoms with Crippen LogP contribution in [-0.4, -0.2) is 23.0 Å². The molecule has 2 aromatic rings. The predicted octanol–water partition coefficient (Wildman–Crippen LogP) is 2.82. The maximum Gasteiger partial charge on any atom is 0.253 e. The molecule has 5 heteroatoms. The molecule has 0 saturated heterocycles. The molecule has 1 aliphatic heterocycles. The number of pyridine rings is 1. The number of hydrogen-bond acceptors (Lipinski definition) is 4. The van der Waals surface area contributed by atoms with E-state index >= 15 is 0 Å². The Bertz CT molecular complexity index is 741. The molecule has 2 heterocycles. The number of rotatable bonds is 2. The first-order valence-corrected chi connectivity index (χ1v) is 7.54. The zero-order valence-electron chi connectivity index (χ0n) is 12.6. The Morgan fingerprint density at radius 3 is 2.67 bits per heavy atom. The van der Waals surface area contributed by atoms with E-state index in [-0.39, 0.29) is 5.56 Å². The second-order valence-corrected chi connectivity index (χ2v) is 6.61. The van der Waals surface area contributed by atoms with Gasteiger partial charge in [0.15, 0.2) is 0 Å². The van der Waals surface area contributed by atoms with Crippen molar-refractivity contribution in [3.8, 4) is 16.9 Å². The van der Waals surface area contributed by atoms with Crippen LogP contribution in [0.15, 0.2) is 34.1 Å². The molecule has 3 rings (SSSR count). The maximum absolute atomic E-state index is 11.9. The fraction of sp³-hybridized carbons (Fsp3) is 0.312. The number of aromatic nitrogens is 1. The van der Waals surface area contributed by atoms with E-state index in [9.17, 15) is 4.79 Å². The number of methoxy groups -OCH3 is 1. The number of aryl methyl sites for hydroxylation is 2. The van der Waals surface area contributed by atoms with E-state index < -0.39 is 0 Å². The standard InChI is InChI=1S/C16H18N2O2S/c1-10-5-11(8-17(2)16(10)19)13-7-15-12(6-14(13)20-4)9-18(3)21-15/h5-8H,9H2,1-4H3. The summed E-state index contributed by atoms with van der Waals surface area (Å²) in [5, 5.41) is 0. The summed E-state index contributed by atoms with van der Waals surface area (Å²) in [4.78, 5) is 13.1. The third-order valence-corrected chi connectivity index (χ3v) is 4.72. The molecular weight excluding hydrogens is 284 g/mol. The zero-order valence-corrected chi connectivity index (χ0v) is 13.5. The minimum absolute atomic E-state index is 0.0352. The molecular formula is C16H18N2O2S. The van der Waals surface area contributed by atoms with Gasteiger partial charge >= 0.3 is 0 Å². The summed E-state index contributed by atoms with van der Waals surface area (Å²) >= 11 is 1.74. The van der Waals surface area contributed by atoms with Crippen molar-refractivity contribution in [3.05, 3.63) is 45.9 Å². The average molecular weight is 302 g/mol. The third-order valence-electron chi connectivity index (χ3n) is 3.70. The van der Waals surface area contributed by atoms with Crippen molar-refractivity contribution in [1.29, 1.82) is 0 Å². The van der Waals surface area contributed by atoms with E-state index in [1.165, 1.54) is 10.5 Å². The first-order valence-electron chi connectivity index (χ1n) is 6.77. The van der Waals surface area contributed by atoms with Crippen LogP contribution >= 0.6 is 11.9 Å². The topological polar surface area (TPSA) is 34.5 Å². The fourth-order valence-electron chi connectivity index (χ4n) is 2.67. The van der Waals surface area contributed by atoms with Gasteiger partial charge < -0.3 is 9.30 Å². The van der Waals surface area contributed by atoms with Crippen LogP contribution in [0.2, 0.25) is 0 Å². The summed E-state index contributed by atoms with van der Waals surface area (Å²) in [7, 11) is 5.54. The van der Waals surface area contributed by atoms with Crippen LogP contribution in [0.5, 0.6) is 5.75 Å². The van der Waals surface area contributed by atoms with Crippen LogP contribution in [0.1, 0.15) is 11.1 Å².